The van der Waals surface area contributed by atoms with Crippen molar-refractivity contribution in [1.29, 1.82) is 0 Å². The minimum atomic E-state index is -0.563. The summed E-state index contributed by atoms with van der Waals surface area (Å²) in [6.45, 7) is 5.41. The molecule has 3 unspecified atom stereocenters. The van der Waals surface area contributed by atoms with E-state index < -0.39 is 12.2 Å². The number of hydrogen-bond acceptors (Lipinski definition) is 6. The average molecular weight is 316 g/mol. The molecule has 1 aliphatic carbocycles. The zero-order valence-corrected chi connectivity index (χ0v) is 13.2. The standard InChI is InChI=1S/C13H20N2O5S/c1-4-19-12(17)14-9-6-10(11(7-9)21-8(3)16)15(14)13(18)20-5-2/h9-11H,4-7H2,1-3H3. The Kier molecular flexibility index (Phi) is 4.97. The summed E-state index contributed by atoms with van der Waals surface area (Å²) < 4.78 is 10.1. The van der Waals surface area contributed by atoms with Crippen LogP contribution in [0, 0.1) is 0 Å². The van der Waals surface area contributed by atoms with E-state index in [1.54, 1.807) is 13.8 Å². The Bertz CT molecular complexity index is 444. The van der Waals surface area contributed by atoms with Gasteiger partial charge in [-0.25, -0.2) is 19.6 Å². The molecule has 118 valence electrons. The number of carbonyl (C=O) groups excluding carboxylic acids is 3. The van der Waals surface area contributed by atoms with Crippen LogP contribution in [-0.2, 0) is 14.3 Å². The first kappa shape index (κ1) is 15.9. The Balaban J connectivity index is 2.18. The van der Waals surface area contributed by atoms with Gasteiger partial charge in [0.05, 0.1) is 25.3 Å². The van der Waals surface area contributed by atoms with Gasteiger partial charge in [0, 0.05) is 12.2 Å². The maximum atomic E-state index is 12.1. The molecule has 0 aromatic carbocycles. The first-order valence-corrected chi connectivity index (χ1v) is 7.96. The summed E-state index contributed by atoms with van der Waals surface area (Å²) in [6.07, 6.45) is 0.239. The largest absolute Gasteiger partial charge is 0.448 e. The first-order chi connectivity index (χ1) is 9.99. The number of nitrogens with zero attached hydrogens (tertiary/aromatic N) is 2. The summed E-state index contributed by atoms with van der Waals surface area (Å²) >= 11 is 1.22. The molecule has 1 saturated heterocycles. The summed E-state index contributed by atoms with van der Waals surface area (Å²) in [5, 5.41) is 2.70. The van der Waals surface area contributed by atoms with E-state index in [-0.39, 0.29) is 35.7 Å². The number of amides is 2. The zero-order chi connectivity index (χ0) is 15.6. The molecule has 0 aromatic rings. The van der Waals surface area contributed by atoms with Gasteiger partial charge in [-0.3, -0.25) is 4.79 Å². The van der Waals surface area contributed by atoms with Crippen LogP contribution < -0.4 is 0 Å². The van der Waals surface area contributed by atoms with Crippen LogP contribution in [0.2, 0.25) is 0 Å². The molecule has 2 aliphatic rings. The lowest BCUT2D eigenvalue weighted by atomic mass is 10.2. The quantitative estimate of drug-likeness (QED) is 0.793. The van der Waals surface area contributed by atoms with Gasteiger partial charge in [0.2, 0.25) is 0 Å². The van der Waals surface area contributed by atoms with Gasteiger partial charge in [-0.15, -0.1) is 0 Å². The predicted octanol–water partition coefficient (Wildman–Crippen LogP) is 2.01. The summed E-state index contributed by atoms with van der Waals surface area (Å²) in [5.74, 6) is 0. The monoisotopic (exact) mass is 316 g/mol. The van der Waals surface area contributed by atoms with Gasteiger partial charge in [-0.1, -0.05) is 11.8 Å². The number of fused-ring (bicyclic) bond motifs is 2. The van der Waals surface area contributed by atoms with Gasteiger partial charge >= 0.3 is 12.2 Å². The number of carbonyl (C=O) groups is 3. The van der Waals surface area contributed by atoms with E-state index in [4.69, 9.17) is 9.47 Å². The molecule has 2 rings (SSSR count). The topological polar surface area (TPSA) is 76.2 Å². The second kappa shape index (κ2) is 6.55. The van der Waals surface area contributed by atoms with Crippen LogP contribution >= 0.6 is 11.8 Å². The Morgan fingerprint density at radius 3 is 2.14 bits per heavy atom. The molecule has 1 aliphatic heterocycles. The van der Waals surface area contributed by atoms with Gasteiger partial charge in [-0.2, -0.15) is 0 Å². The molecular weight excluding hydrogens is 296 g/mol. The van der Waals surface area contributed by atoms with Crippen molar-refractivity contribution >= 4 is 29.1 Å². The van der Waals surface area contributed by atoms with E-state index in [0.29, 0.717) is 12.8 Å². The molecule has 0 spiro atoms. The molecule has 1 heterocycles. The molecule has 2 bridgehead atoms. The fraction of sp³-hybridized carbons (Fsp3) is 0.769. The summed E-state index contributed by atoms with van der Waals surface area (Å²) in [4.78, 5) is 35.5. The molecule has 1 saturated carbocycles. The Morgan fingerprint density at radius 1 is 1.05 bits per heavy atom. The third kappa shape index (κ3) is 3.09. The number of rotatable bonds is 3. The Morgan fingerprint density at radius 2 is 1.62 bits per heavy atom. The third-order valence-corrected chi connectivity index (χ3v) is 4.71. The molecule has 0 N–H and O–H groups in total. The normalized spacial score (nSPS) is 26.9. The van der Waals surface area contributed by atoms with Crippen molar-refractivity contribution < 1.29 is 23.9 Å². The second-order valence-corrected chi connectivity index (χ2v) is 6.34. The maximum absolute atomic E-state index is 12.1. The van der Waals surface area contributed by atoms with Crippen LogP contribution in [0.3, 0.4) is 0 Å². The third-order valence-electron chi connectivity index (χ3n) is 3.57. The van der Waals surface area contributed by atoms with Crippen molar-refractivity contribution in [3.8, 4) is 0 Å². The minimum absolute atomic E-state index is 0.00239. The molecule has 0 radical (unpaired) electrons. The highest BCUT2D eigenvalue weighted by Crippen LogP contribution is 2.44. The SMILES string of the molecule is CCOC(=O)N1C2CC(SC(C)=O)C(C2)N1C(=O)OCC. The van der Waals surface area contributed by atoms with Crippen LogP contribution in [0.1, 0.15) is 33.6 Å². The smallest absolute Gasteiger partial charge is 0.429 e. The first-order valence-electron chi connectivity index (χ1n) is 7.08. The maximum Gasteiger partial charge on any atom is 0.429 e. The highest BCUT2D eigenvalue weighted by atomic mass is 32.2. The Hall–Kier alpha value is -1.44. The highest BCUT2D eigenvalue weighted by Gasteiger charge is 2.55. The lowest BCUT2D eigenvalue weighted by Gasteiger charge is -2.39. The van der Waals surface area contributed by atoms with Crippen LogP contribution in [0.25, 0.3) is 0 Å². The fourth-order valence-electron chi connectivity index (χ4n) is 2.92. The van der Waals surface area contributed by atoms with E-state index in [0.717, 1.165) is 0 Å². The number of hydrazine groups is 1. The highest BCUT2D eigenvalue weighted by molar-refractivity contribution is 8.14. The number of ether oxygens (including phenoxy) is 2. The lowest BCUT2D eigenvalue weighted by Crippen LogP contribution is -2.56. The van der Waals surface area contributed by atoms with E-state index in [1.807, 2.05) is 0 Å². The van der Waals surface area contributed by atoms with Gasteiger partial charge in [0.1, 0.15) is 0 Å². The zero-order valence-electron chi connectivity index (χ0n) is 12.4. The number of thioether (sulfide) groups is 1. The average Bonchev–Trinajstić information content (AvgIpc) is 2.95. The van der Waals surface area contributed by atoms with Crippen LogP contribution in [0.15, 0.2) is 0 Å². The molecule has 2 fully saturated rings. The molecule has 7 nitrogen and oxygen atoms in total. The van der Waals surface area contributed by atoms with E-state index in [1.165, 1.54) is 28.7 Å². The molecule has 3 atom stereocenters. The van der Waals surface area contributed by atoms with Crippen molar-refractivity contribution in [1.82, 2.24) is 10.0 Å². The van der Waals surface area contributed by atoms with Crippen molar-refractivity contribution in [2.24, 2.45) is 0 Å². The van der Waals surface area contributed by atoms with Gasteiger partial charge < -0.3 is 9.47 Å². The van der Waals surface area contributed by atoms with E-state index >= 15 is 0 Å². The van der Waals surface area contributed by atoms with Gasteiger partial charge in [0.15, 0.2) is 5.12 Å². The van der Waals surface area contributed by atoms with Gasteiger partial charge in [-0.05, 0) is 26.7 Å². The minimum Gasteiger partial charge on any atom is -0.448 e. The molecule has 21 heavy (non-hydrogen) atoms. The van der Waals surface area contributed by atoms with Crippen molar-refractivity contribution in [2.45, 2.75) is 50.9 Å². The molecule has 8 heteroatoms. The van der Waals surface area contributed by atoms with Crippen LogP contribution in [-0.4, -0.2) is 57.9 Å². The van der Waals surface area contributed by atoms with Crippen LogP contribution in [0.4, 0.5) is 9.59 Å². The summed E-state index contributed by atoms with van der Waals surface area (Å²) in [5.41, 5.74) is 0. The lowest BCUT2D eigenvalue weighted by molar-refractivity contribution is -0.109. The Labute approximate surface area is 127 Å². The number of hydrogen-bond donors (Lipinski definition) is 0. The fourth-order valence-corrected chi connectivity index (χ4v) is 4.05. The van der Waals surface area contributed by atoms with Crippen LogP contribution in [0.5, 0.6) is 0 Å². The predicted molar refractivity (Wildman–Crippen MR) is 76.6 cm³/mol. The van der Waals surface area contributed by atoms with Crippen molar-refractivity contribution in [3.63, 3.8) is 0 Å². The van der Waals surface area contributed by atoms with E-state index in [9.17, 15) is 14.4 Å². The summed E-state index contributed by atoms with van der Waals surface area (Å²) in [6, 6.07) is -0.317. The molecule has 0 aromatic heterocycles. The van der Waals surface area contributed by atoms with Crippen molar-refractivity contribution in [2.75, 3.05) is 13.2 Å². The second-order valence-electron chi connectivity index (χ2n) is 4.93. The summed E-state index contributed by atoms with van der Waals surface area (Å²) in [7, 11) is 0. The molecular formula is C13H20N2O5S. The van der Waals surface area contributed by atoms with Crippen molar-refractivity contribution in [3.05, 3.63) is 0 Å². The van der Waals surface area contributed by atoms with Gasteiger partial charge in [0.25, 0.3) is 0 Å². The van der Waals surface area contributed by atoms with E-state index in [2.05, 4.69) is 0 Å². The molecule has 2 amide bonds.